The van der Waals surface area contributed by atoms with Gasteiger partial charge in [0.15, 0.2) is 0 Å². The summed E-state index contributed by atoms with van der Waals surface area (Å²) in [6, 6.07) is 18.4. The van der Waals surface area contributed by atoms with E-state index in [1.165, 1.54) is 6.07 Å². The second kappa shape index (κ2) is 6.57. The maximum atomic E-state index is 11.2. The first kappa shape index (κ1) is 16.8. The lowest BCUT2D eigenvalue weighted by atomic mass is 10.1. The van der Waals surface area contributed by atoms with Crippen molar-refractivity contribution >= 4 is 22.8 Å². The molecule has 0 aliphatic rings. The summed E-state index contributed by atoms with van der Waals surface area (Å²) in [6.45, 7) is 4.09. The fourth-order valence-corrected chi connectivity index (χ4v) is 3.21. The van der Waals surface area contributed by atoms with Crippen molar-refractivity contribution in [1.82, 2.24) is 9.38 Å². The number of aryl methyl sites for hydroxylation is 2. The van der Waals surface area contributed by atoms with Crippen LogP contribution in [-0.4, -0.2) is 14.3 Å². The van der Waals surface area contributed by atoms with E-state index in [1.807, 2.05) is 66.9 Å². The molecular weight excluding hydrogens is 340 g/mol. The van der Waals surface area contributed by atoms with E-state index < -0.39 is 4.92 Å². The minimum atomic E-state index is -0.391. The number of pyridine rings is 1. The molecule has 0 saturated heterocycles. The molecule has 6 nitrogen and oxygen atoms in total. The number of nitro groups is 1. The van der Waals surface area contributed by atoms with Crippen LogP contribution in [0.4, 0.5) is 17.2 Å². The summed E-state index contributed by atoms with van der Waals surface area (Å²) in [5, 5.41) is 14.7. The summed E-state index contributed by atoms with van der Waals surface area (Å²) in [5.74, 6) is 0.781. The Morgan fingerprint density at radius 3 is 2.48 bits per heavy atom. The topological polar surface area (TPSA) is 72.5 Å². The normalized spacial score (nSPS) is 10.9. The number of anilines is 2. The van der Waals surface area contributed by atoms with Gasteiger partial charge in [-0.2, -0.15) is 0 Å². The van der Waals surface area contributed by atoms with Crippen molar-refractivity contribution in [1.29, 1.82) is 0 Å². The molecule has 0 unspecified atom stereocenters. The Hall–Kier alpha value is -3.67. The van der Waals surface area contributed by atoms with Crippen molar-refractivity contribution in [3.8, 4) is 11.3 Å². The first-order valence-corrected chi connectivity index (χ1v) is 8.60. The van der Waals surface area contributed by atoms with E-state index in [0.717, 1.165) is 28.3 Å². The van der Waals surface area contributed by atoms with Gasteiger partial charge in [0, 0.05) is 29.6 Å². The standard InChI is InChI=1S/C21H18N4O2/c1-14-7-5-8-15(2)19(14)23-21-20(22-18-11-3-4-12-24(18)21)16-9-6-10-17(13-16)25(26)27/h3-13,23H,1-2H3. The minimum absolute atomic E-state index is 0.0441. The summed E-state index contributed by atoms with van der Waals surface area (Å²) in [5.41, 5.74) is 5.43. The molecule has 0 bridgehead atoms. The van der Waals surface area contributed by atoms with Gasteiger partial charge in [-0.05, 0) is 37.1 Å². The van der Waals surface area contributed by atoms with Crippen LogP contribution in [0.2, 0.25) is 0 Å². The van der Waals surface area contributed by atoms with Crippen LogP contribution < -0.4 is 5.32 Å². The Morgan fingerprint density at radius 1 is 1.00 bits per heavy atom. The van der Waals surface area contributed by atoms with Gasteiger partial charge in [0.2, 0.25) is 0 Å². The number of imidazole rings is 1. The fraction of sp³-hybridized carbons (Fsp3) is 0.0952. The average molecular weight is 358 g/mol. The molecule has 4 aromatic rings. The quantitative estimate of drug-likeness (QED) is 0.398. The van der Waals surface area contributed by atoms with Crippen molar-refractivity contribution in [3.63, 3.8) is 0 Å². The number of aromatic nitrogens is 2. The minimum Gasteiger partial charge on any atom is -0.339 e. The van der Waals surface area contributed by atoms with E-state index in [0.29, 0.717) is 11.3 Å². The number of non-ortho nitro benzene ring substituents is 1. The molecule has 27 heavy (non-hydrogen) atoms. The van der Waals surface area contributed by atoms with Gasteiger partial charge in [-0.1, -0.05) is 36.4 Å². The van der Waals surface area contributed by atoms with Crippen LogP contribution >= 0.6 is 0 Å². The van der Waals surface area contributed by atoms with Crippen LogP contribution in [0.5, 0.6) is 0 Å². The Bertz CT molecular complexity index is 1140. The molecular formula is C21H18N4O2. The fourth-order valence-electron chi connectivity index (χ4n) is 3.21. The summed E-state index contributed by atoms with van der Waals surface area (Å²) in [6.07, 6.45) is 1.93. The molecule has 134 valence electrons. The highest BCUT2D eigenvalue weighted by Gasteiger charge is 2.17. The predicted molar refractivity (Wildman–Crippen MR) is 106 cm³/mol. The maximum absolute atomic E-state index is 11.2. The van der Waals surface area contributed by atoms with E-state index in [-0.39, 0.29) is 5.69 Å². The Labute approximate surface area is 156 Å². The summed E-state index contributed by atoms with van der Waals surface area (Å²) in [7, 11) is 0. The van der Waals surface area contributed by atoms with Crippen LogP contribution in [0.15, 0.2) is 66.9 Å². The molecule has 0 radical (unpaired) electrons. The largest absolute Gasteiger partial charge is 0.339 e. The van der Waals surface area contributed by atoms with E-state index in [2.05, 4.69) is 5.32 Å². The Kier molecular flexibility index (Phi) is 4.08. The third-order valence-corrected chi connectivity index (χ3v) is 4.58. The summed E-state index contributed by atoms with van der Waals surface area (Å²) in [4.78, 5) is 15.5. The molecule has 4 rings (SSSR count). The molecule has 2 heterocycles. The zero-order valence-corrected chi connectivity index (χ0v) is 15.0. The number of rotatable bonds is 4. The van der Waals surface area contributed by atoms with Gasteiger partial charge >= 0.3 is 0 Å². The molecule has 0 spiro atoms. The molecule has 0 amide bonds. The molecule has 1 N–H and O–H groups in total. The first-order valence-electron chi connectivity index (χ1n) is 8.60. The van der Waals surface area contributed by atoms with Crippen LogP contribution in [-0.2, 0) is 0 Å². The van der Waals surface area contributed by atoms with Gasteiger partial charge in [-0.3, -0.25) is 14.5 Å². The predicted octanol–water partition coefficient (Wildman–Crippen LogP) is 5.27. The monoisotopic (exact) mass is 358 g/mol. The molecule has 2 aromatic carbocycles. The van der Waals surface area contributed by atoms with Crippen molar-refractivity contribution < 1.29 is 4.92 Å². The van der Waals surface area contributed by atoms with Crippen LogP contribution in [0, 0.1) is 24.0 Å². The smallest absolute Gasteiger partial charge is 0.270 e. The van der Waals surface area contributed by atoms with Crippen LogP contribution in [0.3, 0.4) is 0 Å². The number of benzene rings is 2. The van der Waals surface area contributed by atoms with Crippen molar-refractivity contribution in [2.75, 3.05) is 5.32 Å². The number of nitrogens with zero attached hydrogens (tertiary/aromatic N) is 3. The van der Waals surface area contributed by atoms with Crippen molar-refractivity contribution in [2.45, 2.75) is 13.8 Å². The lowest BCUT2D eigenvalue weighted by Crippen LogP contribution is -2.00. The average Bonchev–Trinajstić information content (AvgIpc) is 3.03. The van der Waals surface area contributed by atoms with E-state index in [9.17, 15) is 10.1 Å². The lowest BCUT2D eigenvalue weighted by Gasteiger charge is -2.14. The molecule has 0 fully saturated rings. The van der Waals surface area contributed by atoms with Gasteiger partial charge in [-0.15, -0.1) is 0 Å². The van der Waals surface area contributed by atoms with Crippen LogP contribution in [0.1, 0.15) is 11.1 Å². The third kappa shape index (κ3) is 3.01. The number of nitro benzene ring substituents is 1. The molecule has 0 aliphatic carbocycles. The third-order valence-electron chi connectivity index (χ3n) is 4.58. The Balaban J connectivity index is 1.93. The molecule has 0 atom stereocenters. The van der Waals surface area contributed by atoms with Gasteiger partial charge in [0.1, 0.15) is 17.2 Å². The first-order chi connectivity index (χ1) is 13.0. The highest BCUT2D eigenvalue weighted by Crippen LogP contribution is 2.34. The van der Waals surface area contributed by atoms with Crippen LogP contribution in [0.25, 0.3) is 16.9 Å². The van der Waals surface area contributed by atoms with Crippen molar-refractivity contribution in [2.24, 2.45) is 0 Å². The van der Waals surface area contributed by atoms with Crippen molar-refractivity contribution in [3.05, 3.63) is 88.1 Å². The number of hydrogen-bond acceptors (Lipinski definition) is 4. The lowest BCUT2D eigenvalue weighted by molar-refractivity contribution is -0.384. The maximum Gasteiger partial charge on any atom is 0.270 e. The SMILES string of the molecule is Cc1cccc(C)c1Nc1c(-c2cccc([N+](=O)[O-])c2)nc2ccccn12. The van der Waals surface area contributed by atoms with Gasteiger partial charge in [-0.25, -0.2) is 4.98 Å². The summed E-state index contributed by atoms with van der Waals surface area (Å²) >= 11 is 0. The highest BCUT2D eigenvalue weighted by atomic mass is 16.6. The number of para-hydroxylation sites is 1. The molecule has 0 aliphatic heterocycles. The summed E-state index contributed by atoms with van der Waals surface area (Å²) < 4.78 is 1.96. The van der Waals surface area contributed by atoms with Gasteiger partial charge in [0.25, 0.3) is 5.69 Å². The van der Waals surface area contributed by atoms with Gasteiger partial charge < -0.3 is 5.32 Å². The zero-order valence-electron chi connectivity index (χ0n) is 15.0. The van der Waals surface area contributed by atoms with E-state index in [1.54, 1.807) is 12.1 Å². The molecule has 2 aromatic heterocycles. The number of hydrogen-bond donors (Lipinski definition) is 1. The van der Waals surface area contributed by atoms with E-state index in [4.69, 9.17) is 4.98 Å². The van der Waals surface area contributed by atoms with Gasteiger partial charge in [0.05, 0.1) is 4.92 Å². The molecule has 0 saturated carbocycles. The highest BCUT2D eigenvalue weighted by molar-refractivity contribution is 5.81. The molecule has 6 heteroatoms. The van der Waals surface area contributed by atoms with E-state index >= 15 is 0 Å². The number of fused-ring (bicyclic) bond motifs is 1. The zero-order chi connectivity index (χ0) is 19.0. The number of nitrogens with one attached hydrogen (secondary N) is 1. The Morgan fingerprint density at radius 2 is 1.74 bits per heavy atom. The second-order valence-electron chi connectivity index (χ2n) is 6.44. The second-order valence-corrected chi connectivity index (χ2v) is 6.44.